The third-order valence-corrected chi connectivity index (χ3v) is 5.62. The number of anilines is 1. The lowest BCUT2D eigenvalue weighted by atomic mass is 9.86. The smallest absolute Gasteiger partial charge is 0.255 e. The number of rotatable bonds is 5. The fourth-order valence-electron chi connectivity index (χ4n) is 3.73. The second-order valence-electron chi connectivity index (χ2n) is 8.99. The summed E-state index contributed by atoms with van der Waals surface area (Å²) in [5.41, 5.74) is 4.71. The zero-order chi connectivity index (χ0) is 21.0. The quantitative estimate of drug-likeness (QED) is 0.770. The Labute approximate surface area is 174 Å². The highest BCUT2D eigenvalue weighted by Gasteiger charge is 2.23. The molecule has 3 rings (SSSR count). The summed E-state index contributed by atoms with van der Waals surface area (Å²) in [7, 11) is 0. The summed E-state index contributed by atoms with van der Waals surface area (Å²) < 4.78 is 0. The van der Waals surface area contributed by atoms with Gasteiger partial charge in [0.05, 0.1) is 11.3 Å². The lowest BCUT2D eigenvalue weighted by Crippen LogP contribution is -2.29. The summed E-state index contributed by atoms with van der Waals surface area (Å²) in [4.78, 5) is 27.4. The highest BCUT2D eigenvalue weighted by Crippen LogP contribution is 2.25. The second kappa shape index (κ2) is 8.81. The van der Waals surface area contributed by atoms with E-state index in [1.165, 1.54) is 5.56 Å². The van der Waals surface area contributed by atoms with Crippen molar-refractivity contribution in [2.75, 3.05) is 18.4 Å². The number of nitrogens with one attached hydrogen (secondary N) is 1. The van der Waals surface area contributed by atoms with Crippen molar-refractivity contribution in [2.24, 2.45) is 0 Å². The number of hydrogen-bond acceptors (Lipinski definition) is 2. The van der Waals surface area contributed by atoms with E-state index in [2.05, 4.69) is 50.4 Å². The van der Waals surface area contributed by atoms with Crippen molar-refractivity contribution in [2.45, 2.75) is 58.8 Å². The average Bonchev–Trinajstić information content (AvgIpc) is 3.22. The van der Waals surface area contributed by atoms with Crippen LogP contribution in [0.25, 0.3) is 0 Å². The van der Waals surface area contributed by atoms with Crippen LogP contribution >= 0.6 is 0 Å². The van der Waals surface area contributed by atoms with E-state index in [0.717, 1.165) is 37.1 Å². The van der Waals surface area contributed by atoms with Gasteiger partial charge in [-0.3, -0.25) is 9.59 Å². The Balaban J connectivity index is 1.65. The number of para-hydroxylation sites is 1. The van der Waals surface area contributed by atoms with E-state index in [-0.39, 0.29) is 17.2 Å². The first-order valence-corrected chi connectivity index (χ1v) is 10.5. The summed E-state index contributed by atoms with van der Waals surface area (Å²) in [5, 5.41) is 3.00. The van der Waals surface area contributed by atoms with Gasteiger partial charge in [0.15, 0.2) is 0 Å². The Morgan fingerprint density at radius 2 is 1.66 bits per heavy atom. The molecule has 1 aliphatic heterocycles. The Morgan fingerprint density at radius 1 is 1.00 bits per heavy atom. The Bertz CT molecular complexity index is 873. The predicted octanol–water partition coefficient (Wildman–Crippen LogP) is 5.10. The van der Waals surface area contributed by atoms with Crippen molar-refractivity contribution >= 4 is 17.5 Å². The van der Waals surface area contributed by atoms with Gasteiger partial charge in [0.1, 0.15) is 0 Å². The monoisotopic (exact) mass is 392 g/mol. The Kier molecular flexibility index (Phi) is 6.41. The molecular weight excluding hydrogens is 360 g/mol. The topological polar surface area (TPSA) is 49.4 Å². The van der Waals surface area contributed by atoms with Gasteiger partial charge < -0.3 is 10.2 Å². The molecule has 1 heterocycles. The van der Waals surface area contributed by atoms with Crippen LogP contribution in [0.3, 0.4) is 0 Å². The number of benzene rings is 2. The number of hydrogen-bond donors (Lipinski definition) is 1. The van der Waals surface area contributed by atoms with Crippen LogP contribution in [0.1, 0.15) is 67.1 Å². The molecule has 0 saturated carbocycles. The molecule has 154 valence electrons. The van der Waals surface area contributed by atoms with Gasteiger partial charge in [-0.1, -0.05) is 57.2 Å². The molecule has 29 heavy (non-hydrogen) atoms. The highest BCUT2D eigenvalue weighted by molar-refractivity contribution is 6.04. The van der Waals surface area contributed by atoms with Crippen LogP contribution in [0.4, 0.5) is 5.69 Å². The number of aryl methyl sites for hydroxylation is 2. The second-order valence-corrected chi connectivity index (χ2v) is 8.99. The molecule has 0 bridgehead atoms. The van der Waals surface area contributed by atoms with Crippen molar-refractivity contribution < 1.29 is 9.59 Å². The van der Waals surface area contributed by atoms with E-state index >= 15 is 0 Å². The normalized spacial score (nSPS) is 14.1. The number of carbonyl (C=O) groups excluding carboxylic acids is 2. The lowest BCUT2D eigenvalue weighted by Gasteiger charge is -2.20. The van der Waals surface area contributed by atoms with Gasteiger partial charge in [-0.2, -0.15) is 0 Å². The lowest BCUT2D eigenvalue weighted by molar-refractivity contribution is -0.116. The molecule has 2 aromatic rings. The van der Waals surface area contributed by atoms with Crippen molar-refractivity contribution in [3.8, 4) is 0 Å². The standard InChI is InChI=1S/C25H32N2O2/c1-18-8-7-9-21(24(29)27-16-5-6-17-27)23(18)26-22(28)15-12-19-10-13-20(14-11-19)25(2,3)4/h7-11,13-14H,5-6,12,15-17H2,1-4H3,(H,26,28). The van der Waals surface area contributed by atoms with Crippen LogP contribution in [-0.2, 0) is 16.6 Å². The SMILES string of the molecule is Cc1cccc(C(=O)N2CCCC2)c1NC(=O)CCc1ccc(C(C)(C)C)cc1. The first-order valence-electron chi connectivity index (χ1n) is 10.5. The van der Waals surface area contributed by atoms with E-state index in [0.29, 0.717) is 24.1 Å². The van der Waals surface area contributed by atoms with Crippen molar-refractivity contribution in [1.82, 2.24) is 4.90 Å². The van der Waals surface area contributed by atoms with Crippen LogP contribution in [0.2, 0.25) is 0 Å². The largest absolute Gasteiger partial charge is 0.339 e. The molecule has 0 aliphatic carbocycles. The van der Waals surface area contributed by atoms with E-state index in [4.69, 9.17) is 0 Å². The Hall–Kier alpha value is -2.62. The molecule has 0 spiro atoms. The maximum Gasteiger partial charge on any atom is 0.255 e. The third kappa shape index (κ3) is 5.26. The van der Waals surface area contributed by atoms with E-state index in [1.807, 2.05) is 30.0 Å². The van der Waals surface area contributed by atoms with Crippen molar-refractivity contribution in [3.63, 3.8) is 0 Å². The van der Waals surface area contributed by atoms with Crippen molar-refractivity contribution in [1.29, 1.82) is 0 Å². The maximum atomic E-state index is 12.9. The molecule has 0 atom stereocenters. The zero-order valence-corrected chi connectivity index (χ0v) is 18.0. The number of amides is 2. The molecule has 1 fully saturated rings. The molecule has 4 nitrogen and oxygen atoms in total. The molecule has 0 unspecified atom stereocenters. The number of likely N-dealkylation sites (tertiary alicyclic amines) is 1. The first-order chi connectivity index (χ1) is 13.8. The molecule has 2 aromatic carbocycles. The Morgan fingerprint density at radius 3 is 2.28 bits per heavy atom. The molecule has 0 aromatic heterocycles. The molecule has 1 aliphatic rings. The maximum absolute atomic E-state index is 12.9. The first kappa shape index (κ1) is 21.1. The fourth-order valence-corrected chi connectivity index (χ4v) is 3.73. The minimum absolute atomic E-state index is 0.0132. The average molecular weight is 393 g/mol. The third-order valence-electron chi connectivity index (χ3n) is 5.62. The van der Waals surface area contributed by atoms with Gasteiger partial charge in [-0.25, -0.2) is 0 Å². The van der Waals surface area contributed by atoms with Gasteiger partial charge in [-0.15, -0.1) is 0 Å². The van der Waals surface area contributed by atoms with Crippen LogP contribution < -0.4 is 5.32 Å². The van der Waals surface area contributed by atoms with Crippen molar-refractivity contribution in [3.05, 3.63) is 64.7 Å². The highest BCUT2D eigenvalue weighted by atomic mass is 16.2. The number of nitrogens with zero attached hydrogens (tertiary/aromatic N) is 1. The van der Waals surface area contributed by atoms with E-state index in [1.54, 1.807) is 0 Å². The van der Waals surface area contributed by atoms with Gasteiger partial charge in [0.25, 0.3) is 5.91 Å². The van der Waals surface area contributed by atoms with Crippen LogP contribution in [0.5, 0.6) is 0 Å². The summed E-state index contributed by atoms with van der Waals surface area (Å²) in [6, 6.07) is 14.1. The van der Waals surface area contributed by atoms with Gasteiger partial charge in [0, 0.05) is 19.5 Å². The van der Waals surface area contributed by atoms with Gasteiger partial charge >= 0.3 is 0 Å². The molecule has 2 amide bonds. The summed E-state index contributed by atoms with van der Waals surface area (Å²) >= 11 is 0. The van der Waals surface area contributed by atoms with Crippen LogP contribution in [-0.4, -0.2) is 29.8 Å². The van der Waals surface area contributed by atoms with E-state index < -0.39 is 0 Å². The van der Waals surface area contributed by atoms with Gasteiger partial charge in [-0.05, 0) is 54.4 Å². The number of carbonyl (C=O) groups is 2. The van der Waals surface area contributed by atoms with E-state index in [9.17, 15) is 9.59 Å². The van der Waals surface area contributed by atoms with Gasteiger partial charge in [0.2, 0.25) is 5.91 Å². The summed E-state index contributed by atoms with van der Waals surface area (Å²) in [6.45, 7) is 10.1. The molecule has 0 radical (unpaired) electrons. The predicted molar refractivity (Wildman–Crippen MR) is 118 cm³/mol. The molecule has 4 heteroatoms. The zero-order valence-electron chi connectivity index (χ0n) is 18.0. The summed E-state index contributed by atoms with van der Waals surface area (Å²) in [6.07, 6.45) is 3.17. The molecule has 1 N–H and O–H groups in total. The van der Waals surface area contributed by atoms with Crippen LogP contribution in [0, 0.1) is 6.92 Å². The minimum atomic E-state index is -0.0605. The molecular formula is C25H32N2O2. The summed E-state index contributed by atoms with van der Waals surface area (Å²) in [5.74, 6) is -0.0473. The molecule has 1 saturated heterocycles. The van der Waals surface area contributed by atoms with Crippen LogP contribution in [0.15, 0.2) is 42.5 Å². The minimum Gasteiger partial charge on any atom is -0.339 e. The fraction of sp³-hybridized carbons (Fsp3) is 0.440.